The first-order valence-electron chi connectivity index (χ1n) is 9.51. The third-order valence-corrected chi connectivity index (χ3v) is 6.51. The smallest absolute Gasteiger partial charge is 0.261 e. The molecule has 8 heteroatoms. The lowest BCUT2D eigenvalue weighted by Crippen LogP contribution is -2.40. The van der Waals surface area contributed by atoms with E-state index in [1.54, 1.807) is 29.2 Å². The Morgan fingerprint density at radius 3 is 2.21 bits per heavy atom. The Kier molecular flexibility index (Phi) is 6.22. The zero-order valence-electron chi connectivity index (χ0n) is 16.5. The summed E-state index contributed by atoms with van der Waals surface area (Å²) in [5.41, 5.74) is 1.90. The van der Waals surface area contributed by atoms with Gasteiger partial charge in [-0.1, -0.05) is 18.2 Å². The van der Waals surface area contributed by atoms with Gasteiger partial charge in [0.15, 0.2) is 0 Å². The van der Waals surface area contributed by atoms with Crippen molar-refractivity contribution in [3.8, 4) is 0 Å². The molecule has 1 fully saturated rings. The first kappa shape index (κ1) is 20.9. The lowest BCUT2D eigenvalue weighted by molar-refractivity contribution is -0.132. The predicted octanol–water partition coefficient (Wildman–Crippen LogP) is 2.99. The Balaban J connectivity index is 1.62. The highest BCUT2D eigenvalue weighted by molar-refractivity contribution is 7.92. The highest BCUT2D eigenvalue weighted by Gasteiger charge is 2.26. The summed E-state index contributed by atoms with van der Waals surface area (Å²) in [6.45, 7) is 4.52. The van der Waals surface area contributed by atoms with Crippen molar-refractivity contribution in [1.82, 2.24) is 4.90 Å². The predicted molar refractivity (Wildman–Crippen MR) is 112 cm³/mol. The Morgan fingerprint density at radius 2 is 1.62 bits per heavy atom. The van der Waals surface area contributed by atoms with Crippen LogP contribution in [0, 0.1) is 12.8 Å². The second kappa shape index (κ2) is 8.65. The van der Waals surface area contributed by atoms with E-state index in [1.807, 2.05) is 19.1 Å². The van der Waals surface area contributed by atoms with E-state index in [2.05, 4.69) is 10.0 Å². The largest absolute Gasteiger partial charge is 0.343 e. The van der Waals surface area contributed by atoms with Crippen LogP contribution >= 0.6 is 0 Å². The van der Waals surface area contributed by atoms with Gasteiger partial charge in [0.1, 0.15) is 0 Å². The molecule has 0 spiro atoms. The Hall–Kier alpha value is -2.87. The van der Waals surface area contributed by atoms with Crippen LogP contribution in [0.3, 0.4) is 0 Å². The van der Waals surface area contributed by atoms with E-state index in [4.69, 9.17) is 0 Å². The molecule has 0 saturated carbocycles. The number of benzene rings is 2. The molecule has 154 valence electrons. The molecule has 1 aliphatic heterocycles. The van der Waals surface area contributed by atoms with E-state index < -0.39 is 10.0 Å². The monoisotopic (exact) mass is 415 g/mol. The van der Waals surface area contributed by atoms with Crippen molar-refractivity contribution in [3.63, 3.8) is 0 Å². The van der Waals surface area contributed by atoms with Gasteiger partial charge in [0.2, 0.25) is 11.8 Å². The van der Waals surface area contributed by atoms with Crippen molar-refractivity contribution in [3.05, 3.63) is 54.1 Å². The molecule has 0 aromatic heterocycles. The summed E-state index contributed by atoms with van der Waals surface area (Å²) in [4.78, 5) is 25.7. The number of hydrogen-bond acceptors (Lipinski definition) is 4. The molecular formula is C21H25N3O4S. The van der Waals surface area contributed by atoms with Gasteiger partial charge < -0.3 is 10.2 Å². The molecule has 1 aliphatic rings. The average molecular weight is 416 g/mol. The molecule has 1 heterocycles. The Bertz CT molecular complexity index is 995. The number of nitrogens with zero attached hydrogens (tertiary/aromatic N) is 1. The van der Waals surface area contributed by atoms with Gasteiger partial charge in [-0.15, -0.1) is 0 Å². The molecule has 0 aliphatic carbocycles. The van der Waals surface area contributed by atoms with Crippen LogP contribution in [0.4, 0.5) is 11.4 Å². The molecule has 2 N–H and O–H groups in total. The fourth-order valence-electron chi connectivity index (χ4n) is 3.31. The van der Waals surface area contributed by atoms with Crippen LogP contribution in [0.2, 0.25) is 0 Å². The normalized spacial score (nSPS) is 15.0. The van der Waals surface area contributed by atoms with Crippen molar-refractivity contribution >= 4 is 33.2 Å². The third-order valence-electron chi connectivity index (χ3n) is 5.13. The van der Waals surface area contributed by atoms with Crippen LogP contribution in [0.5, 0.6) is 0 Å². The summed E-state index contributed by atoms with van der Waals surface area (Å²) in [7, 11) is -3.72. The van der Waals surface area contributed by atoms with Crippen LogP contribution in [0.1, 0.15) is 25.3 Å². The third kappa shape index (κ3) is 5.14. The number of anilines is 2. The van der Waals surface area contributed by atoms with E-state index in [0.717, 1.165) is 5.56 Å². The molecule has 2 amide bonds. The van der Waals surface area contributed by atoms with Crippen LogP contribution in [0.25, 0.3) is 0 Å². The zero-order chi connectivity index (χ0) is 21.0. The average Bonchev–Trinajstić information content (AvgIpc) is 2.70. The highest BCUT2D eigenvalue weighted by atomic mass is 32.2. The van der Waals surface area contributed by atoms with Gasteiger partial charge in [-0.05, 0) is 55.7 Å². The minimum Gasteiger partial charge on any atom is -0.343 e. The number of hydrogen-bond donors (Lipinski definition) is 2. The van der Waals surface area contributed by atoms with Gasteiger partial charge in [-0.3, -0.25) is 14.3 Å². The summed E-state index contributed by atoms with van der Waals surface area (Å²) in [5.74, 6) is -0.237. The quantitative estimate of drug-likeness (QED) is 0.785. The van der Waals surface area contributed by atoms with Crippen molar-refractivity contribution in [2.45, 2.75) is 31.6 Å². The lowest BCUT2D eigenvalue weighted by atomic mass is 9.96. The second-order valence-corrected chi connectivity index (χ2v) is 8.90. The summed E-state index contributed by atoms with van der Waals surface area (Å²) in [6.07, 6.45) is 1.25. The van der Waals surface area contributed by atoms with Gasteiger partial charge in [-0.25, -0.2) is 8.42 Å². The van der Waals surface area contributed by atoms with Gasteiger partial charge in [0.05, 0.1) is 10.6 Å². The summed E-state index contributed by atoms with van der Waals surface area (Å²) < 4.78 is 27.8. The van der Waals surface area contributed by atoms with Crippen LogP contribution < -0.4 is 10.0 Å². The number of amides is 2. The van der Waals surface area contributed by atoms with E-state index in [0.29, 0.717) is 37.3 Å². The zero-order valence-corrected chi connectivity index (χ0v) is 17.3. The molecule has 7 nitrogen and oxygen atoms in total. The molecule has 0 atom stereocenters. The number of nitrogens with one attached hydrogen (secondary N) is 2. The first-order valence-corrected chi connectivity index (χ1v) is 11.0. The SMILES string of the molecule is CC(=O)N1CCC(C(=O)Nc2ccc(S(=O)(=O)Nc3ccccc3C)cc2)CC1. The number of carbonyl (C=O) groups is 2. The van der Waals surface area contributed by atoms with Gasteiger partial charge in [0, 0.05) is 31.6 Å². The maximum absolute atomic E-state index is 12.6. The molecule has 0 radical (unpaired) electrons. The number of piperidine rings is 1. The summed E-state index contributed by atoms with van der Waals surface area (Å²) in [6, 6.07) is 13.2. The van der Waals surface area contributed by atoms with E-state index in [-0.39, 0.29) is 22.6 Å². The molecule has 2 aromatic rings. The van der Waals surface area contributed by atoms with Crippen molar-refractivity contribution in [2.75, 3.05) is 23.1 Å². The fourth-order valence-corrected chi connectivity index (χ4v) is 4.44. The number of likely N-dealkylation sites (tertiary alicyclic amines) is 1. The molecule has 0 unspecified atom stereocenters. The minimum atomic E-state index is -3.72. The molecule has 3 rings (SSSR count). The molecular weight excluding hydrogens is 390 g/mol. The van der Waals surface area contributed by atoms with Crippen molar-refractivity contribution in [1.29, 1.82) is 0 Å². The molecule has 29 heavy (non-hydrogen) atoms. The Morgan fingerprint density at radius 1 is 1.00 bits per heavy atom. The minimum absolute atomic E-state index is 0.0277. The van der Waals surface area contributed by atoms with Crippen LogP contribution in [0.15, 0.2) is 53.4 Å². The number of sulfonamides is 1. The van der Waals surface area contributed by atoms with E-state index in [1.165, 1.54) is 19.1 Å². The van der Waals surface area contributed by atoms with Crippen LogP contribution in [-0.4, -0.2) is 38.2 Å². The Labute approximate surface area is 171 Å². The first-order chi connectivity index (χ1) is 13.8. The summed E-state index contributed by atoms with van der Waals surface area (Å²) >= 11 is 0. The van der Waals surface area contributed by atoms with Crippen LogP contribution in [-0.2, 0) is 19.6 Å². The fraction of sp³-hybridized carbons (Fsp3) is 0.333. The van der Waals surface area contributed by atoms with E-state index in [9.17, 15) is 18.0 Å². The van der Waals surface area contributed by atoms with Gasteiger partial charge in [0.25, 0.3) is 10.0 Å². The maximum Gasteiger partial charge on any atom is 0.261 e. The number of para-hydroxylation sites is 1. The van der Waals surface area contributed by atoms with Gasteiger partial charge in [-0.2, -0.15) is 0 Å². The summed E-state index contributed by atoms with van der Waals surface area (Å²) in [5, 5.41) is 2.84. The molecule has 0 bridgehead atoms. The standard InChI is InChI=1S/C21H25N3O4S/c1-15-5-3-4-6-20(15)23-29(27,28)19-9-7-18(8-10-19)22-21(26)17-11-13-24(14-12-17)16(2)25/h3-10,17,23H,11-14H2,1-2H3,(H,22,26). The number of carbonyl (C=O) groups excluding carboxylic acids is 2. The molecule has 2 aromatic carbocycles. The molecule has 1 saturated heterocycles. The van der Waals surface area contributed by atoms with Gasteiger partial charge >= 0.3 is 0 Å². The topological polar surface area (TPSA) is 95.6 Å². The lowest BCUT2D eigenvalue weighted by Gasteiger charge is -2.30. The van der Waals surface area contributed by atoms with Crippen molar-refractivity contribution in [2.24, 2.45) is 5.92 Å². The maximum atomic E-state index is 12.6. The second-order valence-electron chi connectivity index (χ2n) is 7.21. The van der Waals surface area contributed by atoms with Crippen molar-refractivity contribution < 1.29 is 18.0 Å². The number of aryl methyl sites for hydroxylation is 1. The number of rotatable bonds is 5. The van der Waals surface area contributed by atoms with E-state index >= 15 is 0 Å². The highest BCUT2D eigenvalue weighted by Crippen LogP contribution is 2.22.